The molecule has 0 saturated carbocycles. The molecule has 0 aromatic heterocycles. The summed E-state index contributed by atoms with van der Waals surface area (Å²) in [6, 6.07) is 0. The van der Waals surface area contributed by atoms with Crippen LogP contribution in [0.3, 0.4) is 0 Å². The van der Waals surface area contributed by atoms with E-state index >= 15 is 0 Å². The molecule has 248 valence electrons. The molecule has 0 aliphatic carbocycles. The SMILES string of the molecule is CCCCC/C=C/CCCC(CCC/C=C/CCCCC)C(CCC(C)CCCC(C)C)OC(=O)CCCCN(C)C. The second kappa shape index (κ2) is 30.0. The van der Waals surface area contributed by atoms with Crippen LogP contribution >= 0.6 is 0 Å². The third-order valence-corrected chi connectivity index (χ3v) is 8.64. The summed E-state index contributed by atoms with van der Waals surface area (Å²) in [7, 11) is 4.20. The Hall–Kier alpha value is -1.09. The lowest BCUT2D eigenvalue weighted by Gasteiger charge is -2.28. The van der Waals surface area contributed by atoms with Crippen molar-refractivity contribution in [3.8, 4) is 0 Å². The molecule has 0 heterocycles. The minimum absolute atomic E-state index is 0.0304. The standard InChI is InChI=1S/C39H75NO2/c1-8-10-12-14-16-18-20-22-29-37(30-23-21-19-17-15-13-11-9-2)38(33-32-36(5)28-26-27-35(3)4)42-39(41)31-24-25-34-40(6)7/h16-19,35-38H,8-15,20-34H2,1-7H3/b18-16+,19-17+. The Morgan fingerprint density at radius 1 is 0.619 bits per heavy atom. The van der Waals surface area contributed by atoms with Crippen LogP contribution in [0.5, 0.6) is 0 Å². The summed E-state index contributed by atoms with van der Waals surface area (Å²) in [5, 5.41) is 0. The molecule has 0 amide bonds. The first-order valence-electron chi connectivity index (χ1n) is 18.4. The predicted octanol–water partition coefficient (Wildman–Crippen LogP) is 12.1. The molecular formula is C39H75NO2. The van der Waals surface area contributed by atoms with Gasteiger partial charge in [0, 0.05) is 6.42 Å². The van der Waals surface area contributed by atoms with E-state index in [0.29, 0.717) is 18.3 Å². The highest BCUT2D eigenvalue weighted by molar-refractivity contribution is 5.69. The summed E-state index contributed by atoms with van der Waals surface area (Å²) in [5.74, 6) is 1.98. The number of rotatable bonds is 30. The number of nitrogens with zero attached hydrogens (tertiary/aromatic N) is 1. The molecule has 3 nitrogen and oxygen atoms in total. The van der Waals surface area contributed by atoms with Crippen LogP contribution in [0.1, 0.15) is 176 Å². The lowest BCUT2D eigenvalue weighted by Crippen LogP contribution is -2.28. The zero-order chi connectivity index (χ0) is 31.3. The highest BCUT2D eigenvalue weighted by Crippen LogP contribution is 2.29. The Kier molecular flexibility index (Phi) is 29.2. The van der Waals surface area contributed by atoms with Gasteiger partial charge in [0.1, 0.15) is 6.10 Å². The Balaban J connectivity index is 5.23. The summed E-state index contributed by atoms with van der Waals surface area (Å²) < 4.78 is 6.37. The summed E-state index contributed by atoms with van der Waals surface area (Å²) in [6.45, 7) is 12.6. The number of carbonyl (C=O) groups excluding carboxylic acids is 1. The lowest BCUT2D eigenvalue weighted by atomic mass is 9.85. The molecule has 0 N–H and O–H groups in total. The van der Waals surface area contributed by atoms with Crippen LogP contribution in [-0.2, 0) is 9.53 Å². The quantitative estimate of drug-likeness (QED) is 0.0474. The molecule has 0 radical (unpaired) electrons. The van der Waals surface area contributed by atoms with Gasteiger partial charge in [-0.1, -0.05) is 104 Å². The molecule has 0 rings (SSSR count). The van der Waals surface area contributed by atoms with E-state index in [0.717, 1.165) is 44.6 Å². The van der Waals surface area contributed by atoms with E-state index in [1.54, 1.807) is 0 Å². The van der Waals surface area contributed by atoms with Crippen molar-refractivity contribution < 1.29 is 9.53 Å². The van der Waals surface area contributed by atoms with E-state index in [1.807, 2.05) is 0 Å². The van der Waals surface area contributed by atoms with Crippen molar-refractivity contribution in [3.05, 3.63) is 24.3 Å². The fourth-order valence-corrected chi connectivity index (χ4v) is 5.79. The highest BCUT2D eigenvalue weighted by Gasteiger charge is 2.25. The van der Waals surface area contributed by atoms with Gasteiger partial charge in [-0.25, -0.2) is 0 Å². The van der Waals surface area contributed by atoms with Crippen LogP contribution in [0, 0.1) is 17.8 Å². The Morgan fingerprint density at radius 2 is 1.17 bits per heavy atom. The van der Waals surface area contributed by atoms with Gasteiger partial charge in [0.05, 0.1) is 0 Å². The van der Waals surface area contributed by atoms with E-state index in [4.69, 9.17) is 4.74 Å². The van der Waals surface area contributed by atoms with Crippen molar-refractivity contribution in [3.63, 3.8) is 0 Å². The normalized spacial score (nSPS) is 13.8. The van der Waals surface area contributed by atoms with Crippen LogP contribution in [0.4, 0.5) is 0 Å². The van der Waals surface area contributed by atoms with Crippen molar-refractivity contribution in [2.45, 2.75) is 182 Å². The molecule has 2 atom stereocenters. The van der Waals surface area contributed by atoms with Crippen molar-refractivity contribution in [2.24, 2.45) is 17.8 Å². The minimum atomic E-state index is 0.0304. The number of hydrogen-bond acceptors (Lipinski definition) is 3. The van der Waals surface area contributed by atoms with Gasteiger partial charge in [-0.2, -0.15) is 0 Å². The third-order valence-electron chi connectivity index (χ3n) is 8.64. The number of allylic oxidation sites excluding steroid dienone is 4. The summed E-state index contributed by atoms with van der Waals surface area (Å²) in [4.78, 5) is 15.2. The Labute approximate surface area is 264 Å². The van der Waals surface area contributed by atoms with Crippen LogP contribution < -0.4 is 0 Å². The first-order chi connectivity index (χ1) is 20.3. The van der Waals surface area contributed by atoms with Crippen molar-refractivity contribution in [1.82, 2.24) is 4.90 Å². The van der Waals surface area contributed by atoms with Crippen molar-refractivity contribution in [2.75, 3.05) is 20.6 Å². The zero-order valence-corrected chi connectivity index (χ0v) is 29.6. The highest BCUT2D eigenvalue weighted by atomic mass is 16.5. The van der Waals surface area contributed by atoms with Crippen LogP contribution in [0.2, 0.25) is 0 Å². The van der Waals surface area contributed by atoms with Crippen molar-refractivity contribution in [1.29, 1.82) is 0 Å². The Morgan fingerprint density at radius 3 is 1.67 bits per heavy atom. The second-order valence-electron chi connectivity index (χ2n) is 13.9. The number of hydrogen-bond donors (Lipinski definition) is 0. The fraction of sp³-hybridized carbons (Fsp3) is 0.872. The molecule has 42 heavy (non-hydrogen) atoms. The van der Waals surface area contributed by atoms with E-state index in [9.17, 15) is 4.79 Å². The van der Waals surface area contributed by atoms with Crippen LogP contribution in [0.25, 0.3) is 0 Å². The zero-order valence-electron chi connectivity index (χ0n) is 29.6. The summed E-state index contributed by atoms with van der Waals surface area (Å²) in [6.07, 6.45) is 35.6. The lowest BCUT2D eigenvalue weighted by molar-refractivity contribution is -0.153. The molecule has 0 saturated heterocycles. The molecule has 0 aliphatic rings. The first-order valence-corrected chi connectivity index (χ1v) is 18.4. The molecule has 3 heteroatoms. The van der Waals surface area contributed by atoms with Gasteiger partial charge >= 0.3 is 5.97 Å². The van der Waals surface area contributed by atoms with E-state index in [1.165, 1.54) is 103 Å². The molecular weight excluding hydrogens is 514 g/mol. The Bertz CT molecular complexity index is 612. The topological polar surface area (TPSA) is 29.5 Å². The van der Waals surface area contributed by atoms with Gasteiger partial charge in [0.25, 0.3) is 0 Å². The van der Waals surface area contributed by atoms with Gasteiger partial charge in [-0.3, -0.25) is 4.79 Å². The number of unbranched alkanes of at least 4 members (excludes halogenated alkanes) is 9. The molecule has 2 unspecified atom stereocenters. The molecule has 0 aromatic rings. The maximum atomic E-state index is 13.0. The molecule has 0 fully saturated rings. The third kappa shape index (κ3) is 27.7. The van der Waals surface area contributed by atoms with Gasteiger partial charge in [0.2, 0.25) is 0 Å². The average Bonchev–Trinajstić information content (AvgIpc) is 2.94. The van der Waals surface area contributed by atoms with Crippen molar-refractivity contribution >= 4 is 5.97 Å². The minimum Gasteiger partial charge on any atom is -0.462 e. The fourth-order valence-electron chi connectivity index (χ4n) is 5.79. The van der Waals surface area contributed by atoms with E-state index < -0.39 is 0 Å². The maximum absolute atomic E-state index is 13.0. The maximum Gasteiger partial charge on any atom is 0.306 e. The van der Waals surface area contributed by atoms with Gasteiger partial charge in [-0.15, -0.1) is 0 Å². The largest absolute Gasteiger partial charge is 0.462 e. The first kappa shape index (κ1) is 40.9. The van der Waals surface area contributed by atoms with E-state index in [2.05, 4.69) is 77.9 Å². The molecule has 0 bridgehead atoms. The summed E-state index contributed by atoms with van der Waals surface area (Å²) >= 11 is 0. The number of esters is 1. The van der Waals surface area contributed by atoms with Crippen LogP contribution in [-0.4, -0.2) is 37.6 Å². The monoisotopic (exact) mass is 590 g/mol. The second-order valence-corrected chi connectivity index (χ2v) is 13.9. The van der Waals surface area contributed by atoms with E-state index in [-0.39, 0.29) is 12.1 Å². The molecule has 0 aromatic carbocycles. The van der Waals surface area contributed by atoms with Gasteiger partial charge in [0.15, 0.2) is 0 Å². The number of ether oxygens (including phenoxy) is 1. The van der Waals surface area contributed by atoms with Crippen LogP contribution in [0.15, 0.2) is 24.3 Å². The number of carbonyl (C=O) groups is 1. The average molecular weight is 590 g/mol. The van der Waals surface area contributed by atoms with Gasteiger partial charge in [-0.05, 0) is 128 Å². The molecule has 0 spiro atoms. The summed E-state index contributed by atoms with van der Waals surface area (Å²) in [5.41, 5.74) is 0. The van der Waals surface area contributed by atoms with Gasteiger partial charge < -0.3 is 9.64 Å². The smallest absolute Gasteiger partial charge is 0.306 e. The molecule has 0 aliphatic heterocycles. The predicted molar refractivity (Wildman–Crippen MR) is 187 cm³/mol.